The Morgan fingerprint density at radius 3 is 2.47 bits per heavy atom. The molecule has 1 fully saturated rings. The van der Waals surface area contributed by atoms with Gasteiger partial charge in [-0.05, 0) is 76.7 Å². The van der Waals surface area contributed by atoms with E-state index >= 15 is 0 Å². The first-order valence-electron chi connectivity index (χ1n) is 14.4. The number of esters is 1. The molecule has 1 saturated carbocycles. The summed E-state index contributed by atoms with van der Waals surface area (Å²) in [4.78, 5) is 28.7. The Labute approximate surface area is 227 Å². The number of carbonyl (C=O) groups excluding carboxylic acids is 2. The van der Waals surface area contributed by atoms with Crippen molar-refractivity contribution < 1.29 is 19.1 Å². The number of nitrogens with zero attached hydrogens (tertiary/aromatic N) is 3. The van der Waals surface area contributed by atoms with Crippen LogP contribution in [-0.4, -0.2) is 40.4 Å². The van der Waals surface area contributed by atoms with Gasteiger partial charge in [-0.15, -0.1) is 5.10 Å². The van der Waals surface area contributed by atoms with Gasteiger partial charge in [0.05, 0.1) is 19.3 Å². The normalized spacial score (nSPS) is 22.4. The zero-order chi connectivity index (χ0) is 27.1. The van der Waals surface area contributed by atoms with E-state index in [0.29, 0.717) is 23.9 Å². The molecule has 2 aliphatic rings. The third-order valence-electron chi connectivity index (χ3n) is 8.01. The molecule has 2 unspecified atom stereocenters. The van der Waals surface area contributed by atoms with Gasteiger partial charge in [-0.1, -0.05) is 50.3 Å². The summed E-state index contributed by atoms with van der Waals surface area (Å²) in [7, 11) is 0. The number of amides is 1. The highest BCUT2D eigenvalue weighted by Gasteiger charge is 2.35. The number of benzene rings is 1. The first-order valence-corrected chi connectivity index (χ1v) is 14.4. The summed E-state index contributed by atoms with van der Waals surface area (Å²) < 4.78 is 13.3. The van der Waals surface area contributed by atoms with E-state index < -0.39 is 5.97 Å². The zero-order valence-electron chi connectivity index (χ0n) is 23.4. The second kappa shape index (κ2) is 13.2. The van der Waals surface area contributed by atoms with Crippen molar-refractivity contribution in [3.05, 3.63) is 53.7 Å². The first-order chi connectivity index (χ1) is 18.4. The molecular weight excluding hydrogens is 478 g/mol. The number of rotatable bonds is 10. The molecule has 0 radical (unpaired) electrons. The number of anilines is 1. The smallest absolute Gasteiger partial charge is 0.343 e. The van der Waals surface area contributed by atoms with Gasteiger partial charge in [-0.25, -0.2) is 9.48 Å². The second-order valence-corrected chi connectivity index (χ2v) is 10.8. The van der Waals surface area contributed by atoms with E-state index in [2.05, 4.69) is 32.1 Å². The lowest BCUT2D eigenvalue weighted by atomic mass is 9.82. The number of allylic oxidation sites excluding steroid dienone is 1. The van der Waals surface area contributed by atoms with Crippen LogP contribution in [0, 0.1) is 11.8 Å². The molecule has 7 nitrogen and oxygen atoms in total. The van der Waals surface area contributed by atoms with Gasteiger partial charge >= 0.3 is 5.97 Å². The maximum atomic E-state index is 13.8. The molecule has 2 atom stereocenters. The number of carbonyl (C=O) groups is 2. The van der Waals surface area contributed by atoms with Crippen LogP contribution in [-0.2, 0) is 20.9 Å². The SMILES string of the molecule is CCOC(=O)c1cn(C2=CCC(OCc3ccccc3)CC2)nc1N(C(=O)C1CCC(C)CC1)C(C)CC. The molecule has 0 N–H and O–H groups in total. The molecule has 1 aromatic carbocycles. The zero-order valence-corrected chi connectivity index (χ0v) is 23.4. The molecule has 206 valence electrons. The van der Waals surface area contributed by atoms with E-state index in [-0.39, 0.29) is 30.6 Å². The molecule has 0 saturated heterocycles. The van der Waals surface area contributed by atoms with Crippen LogP contribution >= 0.6 is 0 Å². The van der Waals surface area contributed by atoms with Gasteiger partial charge in [0, 0.05) is 23.9 Å². The fourth-order valence-corrected chi connectivity index (χ4v) is 5.40. The third-order valence-corrected chi connectivity index (χ3v) is 8.01. The summed E-state index contributed by atoms with van der Waals surface area (Å²) in [5.41, 5.74) is 2.54. The minimum absolute atomic E-state index is 0.0307. The molecule has 38 heavy (non-hydrogen) atoms. The lowest BCUT2D eigenvalue weighted by Crippen LogP contribution is -2.44. The van der Waals surface area contributed by atoms with Crippen molar-refractivity contribution in [2.24, 2.45) is 11.8 Å². The van der Waals surface area contributed by atoms with Crippen LogP contribution in [0.3, 0.4) is 0 Å². The Hall–Kier alpha value is -2.93. The summed E-state index contributed by atoms with van der Waals surface area (Å²) in [6.45, 7) is 9.01. The lowest BCUT2D eigenvalue weighted by Gasteiger charge is -2.33. The van der Waals surface area contributed by atoms with Crippen LogP contribution in [0.5, 0.6) is 0 Å². The van der Waals surface area contributed by atoms with Crippen molar-refractivity contribution in [2.75, 3.05) is 11.5 Å². The first kappa shape index (κ1) is 28.1. The van der Waals surface area contributed by atoms with Gasteiger partial charge in [0.1, 0.15) is 5.56 Å². The van der Waals surface area contributed by atoms with E-state index in [1.807, 2.05) is 25.1 Å². The van der Waals surface area contributed by atoms with Gasteiger partial charge in [-0.3, -0.25) is 9.69 Å². The lowest BCUT2D eigenvalue weighted by molar-refractivity contribution is -0.124. The fourth-order valence-electron chi connectivity index (χ4n) is 5.40. The van der Waals surface area contributed by atoms with Crippen LogP contribution in [0.2, 0.25) is 0 Å². The minimum Gasteiger partial charge on any atom is -0.462 e. The van der Waals surface area contributed by atoms with Crippen LogP contribution in [0.1, 0.15) is 95.0 Å². The van der Waals surface area contributed by atoms with E-state index in [4.69, 9.17) is 14.6 Å². The van der Waals surface area contributed by atoms with Crippen LogP contribution < -0.4 is 4.90 Å². The average Bonchev–Trinajstić information content (AvgIpc) is 3.38. The highest BCUT2D eigenvalue weighted by atomic mass is 16.5. The van der Waals surface area contributed by atoms with Gasteiger partial charge in [0.25, 0.3) is 0 Å². The van der Waals surface area contributed by atoms with Crippen molar-refractivity contribution >= 4 is 23.4 Å². The Morgan fingerprint density at radius 1 is 1.11 bits per heavy atom. The second-order valence-electron chi connectivity index (χ2n) is 10.8. The maximum Gasteiger partial charge on any atom is 0.343 e. The number of hydrogen-bond acceptors (Lipinski definition) is 5. The summed E-state index contributed by atoms with van der Waals surface area (Å²) in [5.74, 6) is 0.687. The third kappa shape index (κ3) is 6.73. The molecule has 1 amide bonds. The van der Waals surface area contributed by atoms with E-state index in [0.717, 1.165) is 57.1 Å². The Bertz CT molecular complexity index is 1100. The molecule has 1 aromatic heterocycles. The summed E-state index contributed by atoms with van der Waals surface area (Å²) in [6, 6.07) is 10.1. The molecule has 0 spiro atoms. The van der Waals surface area contributed by atoms with Crippen molar-refractivity contribution in [2.45, 2.75) is 97.8 Å². The van der Waals surface area contributed by atoms with Crippen molar-refractivity contribution in [3.63, 3.8) is 0 Å². The Kier molecular flexibility index (Phi) is 9.78. The topological polar surface area (TPSA) is 73.7 Å². The maximum absolute atomic E-state index is 13.8. The molecule has 1 heterocycles. The minimum atomic E-state index is -0.437. The molecule has 0 bridgehead atoms. The fraction of sp³-hybridized carbons (Fsp3) is 0.581. The molecule has 2 aromatic rings. The van der Waals surface area contributed by atoms with Gasteiger partial charge in [-0.2, -0.15) is 0 Å². The summed E-state index contributed by atoms with van der Waals surface area (Å²) in [5, 5.41) is 4.87. The average molecular weight is 522 g/mol. The van der Waals surface area contributed by atoms with Crippen molar-refractivity contribution in [3.8, 4) is 0 Å². The quantitative estimate of drug-likeness (QED) is 0.328. The van der Waals surface area contributed by atoms with Crippen molar-refractivity contribution in [1.29, 1.82) is 0 Å². The monoisotopic (exact) mass is 521 g/mol. The van der Waals surface area contributed by atoms with Gasteiger partial charge in [0.15, 0.2) is 5.82 Å². The Balaban J connectivity index is 1.56. The molecule has 0 aliphatic heterocycles. The van der Waals surface area contributed by atoms with Crippen LogP contribution in [0.4, 0.5) is 5.82 Å². The molecular formula is C31H43N3O4. The molecule has 2 aliphatic carbocycles. The summed E-state index contributed by atoms with van der Waals surface area (Å²) in [6.07, 6.45) is 11.1. The Morgan fingerprint density at radius 2 is 1.84 bits per heavy atom. The predicted molar refractivity (Wildman–Crippen MR) is 150 cm³/mol. The standard InChI is InChI=1S/C31H43N3O4/c1-5-23(4)34(30(35)25-14-12-22(3)13-15-25)29-28(31(36)37-6-2)20-33(32-29)26-16-18-27(19-17-26)38-21-24-10-8-7-9-11-24/h7-11,16,20,22-23,25,27H,5-6,12-15,17-19,21H2,1-4H3. The van der Waals surface area contributed by atoms with Crippen molar-refractivity contribution in [1.82, 2.24) is 9.78 Å². The van der Waals surface area contributed by atoms with E-state index in [1.165, 1.54) is 5.56 Å². The highest BCUT2D eigenvalue weighted by Crippen LogP contribution is 2.34. The number of ether oxygens (including phenoxy) is 2. The largest absolute Gasteiger partial charge is 0.462 e. The van der Waals surface area contributed by atoms with Gasteiger partial charge < -0.3 is 9.47 Å². The van der Waals surface area contributed by atoms with Crippen LogP contribution in [0.15, 0.2) is 42.6 Å². The highest BCUT2D eigenvalue weighted by molar-refractivity contribution is 6.02. The van der Waals surface area contributed by atoms with Crippen LogP contribution in [0.25, 0.3) is 5.70 Å². The molecule has 7 heteroatoms. The predicted octanol–water partition coefficient (Wildman–Crippen LogP) is 6.63. The number of hydrogen-bond donors (Lipinski definition) is 0. The van der Waals surface area contributed by atoms with E-state index in [9.17, 15) is 9.59 Å². The number of aromatic nitrogens is 2. The van der Waals surface area contributed by atoms with Gasteiger partial charge in [0.2, 0.25) is 5.91 Å². The summed E-state index contributed by atoms with van der Waals surface area (Å²) >= 11 is 0. The van der Waals surface area contributed by atoms with E-state index in [1.54, 1.807) is 22.7 Å². The molecule has 4 rings (SSSR count).